The number of benzene rings is 1. The maximum atomic E-state index is 4.50. The van der Waals surface area contributed by atoms with E-state index in [0.29, 0.717) is 0 Å². The van der Waals surface area contributed by atoms with E-state index in [4.69, 9.17) is 0 Å². The number of nitrogens with zero attached hydrogens (tertiary/aromatic N) is 2. The van der Waals surface area contributed by atoms with Gasteiger partial charge in [-0.1, -0.05) is 12.1 Å². The molecule has 2 N–H and O–H groups in total. The SMILES string of the molecule is CNCc1c[nH]c2ncnc(-c3ccc(C)c(C)c3)c12. The highest BCUT2D eigenvalue weighted by molar-refractivity contribution is 5.93. The van der Waals surface area contributed by atoms with Crippen molar-refractivity contribution in [2.45, 2.75) is 20.4 Å². The van der Waals surface area contributed by atoms with Crippen molar-refractivity contribution in [3.63, 3.8) is 0 Å². The smallest absolute Gasteiger partial charge is 0.141 e. The quantitative estimate of drug-likeness (QED) is 0.766. The fourth-order valence-corrected chi connectivity index (χ4v) is 2.46. The number of aromatic nitrogens is 3. The zero-order chi connectivity index (χ0) is 14.1. The molecule has 102 valence electrons. The van der Waals surface area contributed by atoms with Crippen LogP contribution in [0.4, 0.5) is 0 Å². The minimum Gasteiger partial charge on any atom is -0.346 e. The van der Waals surface area contributed by atoms with Crippen molar-refractivity contribution in [1.29, 1.82) is 0 Å². The Bertz CT molecular complexity index is 758. The highest BCUT2D eigenvalue weighted by atomic mass is 14.9. The Balaban J connectivity index is 2.24. The van der Waals surface area contributed by atoms with Crippen LogP contribution in [0, 0.1) is 13.8 Å². The Hall–Kier alpha value is -2.20. The number of fused-ring (bicyclic) bond motifs is 1. The van der Waals surface area contributed by atoms with Crippen molar-refractivity contribution in [1.82, 2.24) is 20.3 Å². The van der Waals surface area contributed by atoms with E-state index in [-0.39, 0.29) is 0 Å². The van der Waals surface area contributed by atoms with Gasteiger partial charge in [-0.3, -0.25) is 0 Å². The molecule has 0 saturated heterocycles. The number of hydrogen-bond donors (Lipinski definition) is 2. The third-order valence-electron chi connectivity index (χ3n) is 3.70. The van der Waals surface area contributed by atoms with Crippen LogP contribution >= 0.6 is 0 Å². The highest BCUT2D eigenvalue weighted by Crippen LogP contribution is 2.29. The van der Waals surface area contributed by atoms with Crippen LogP contribution in [-0.2, 0) is 6.54 Å². The van der Waals surface area contributed by atoms with Gasteiger partial charge in [0, 0.05) is 23.7 Å². The van der Waals surface area contributed by atoms with E-state index >= 15 is 0 Å². The summed E-state index contributed by atoms with van der Waals surface area (Å²) >= 11 is 0. The van der Waals surface area contributed by atoms with Crippen LogP contribution in [-0.4, -0.2) is 22.0 Å². The highest BCUT2D eigenvalue weighted by Gasteiger charge is 2.12. The van der Waals surface area contributed by atoms with E-state index < -0.39 is 0 Å². The molecule has 4 nitrogen and oxygen atoms in total. The van der Waals surface area contributed by atoms with Crippen molar-refractivity contribution in [3.05, 3.63) is 47.4 Å². The predicted octanol–water partition coefficient (Wildman–Crippen LogP) is 2.96. The first kappa shape index (κ1) is 12.8. The fourth-order valence-electron chi connectivity index (χ4n) is 2.46. The molecule has 2 aromatic heterocycles. The number of aromatic amines is 1. The summed E-state index contributed by atoms with van der Waals surface area (Å²) < 4.78 is 0. The molecule has 2 heterocycles. The van der Waals surface area contributed by atoms with Gasteiger partial charge in [0.15, 0.2) is 0 Å². The molecule has 1 aromatic carbocycles. The number of rotatable bonds is 3. The molecule has 0 atom stereocenters. The lowest BCUT2D eigenvalue weighted by atomic mass is 10.0. The largest absolute Gasteiger partial charge is 0.346 e. The monoisotopic (exact) mass is 266 g/mol. The first-order valence-corrected chi connectivity index (χ1v) is 6.74. The van der Waals surface area contributed by atoms with Crippen molar-refractivity contribution in [3.8, 4) is 11.3 Å². The maximum Gasteiger partial charge on any atom is 0.141 e. The van der Waals surface area contributed by atoms with Crippen molar-refractivity contribution >= 4 is 11.0 Å². The van der Waals surface area contributed by atoms with E-state index in [1.165, 1.54) is 16.7 Å². The summed E-state index contributed by atoms with van der Waals surface area (Å²) in [7, 11) is 1.94. The normalized spacial score (nSPS) is 11.2. The minimum atomic E-state index is 0.797. The van der Waals surface area contributed by atoms with Gasteiger partial charge in [0.25, 0.3) is 0 Å². The molecule has 0 radical (unpaired) electrons. The van der Waals surface area contributed by atoms with Gasteiger partial charge in [0.2, 0.25) is 0 Å². The molecular weight excluding hydrogens is 248 g/mol. The van der Waals surface area contributed by atoms with Gasteiger partial charge in [-0.05, 0) is 43.7 Å². The Morgan fingerprint density at radius 3 is 2.75 bits per heavy atom. The Kier molecular flexibility index (Phi) is 3.24. The van der Waals surface area contributed by atoms with Crippen LogP contribution in [0.15, 0.2) is 30.7 Å². The predicted molar refractivity (Wildman–Crippen MR) is 81.6 cm³/mol. The van der Waals surface area contributed by atoms with Gasteiger partial charge < -0.3 is 10.3 Å². The third-order valence-corrected chi connectivity index (χ3v) is 3.70. The molecular formula is C16H18N4. The zero-order valence-corrected chi connectivity index (χ0v) is 12.0. The van der Waals surface area contributed by atoms with Gasteiger partial charge in [0.1, 0.15) is 12.0 Å². The van der Waals surface area contributed by atoms with Crippen molar-refractivity contribution in [2.75, 3.05) is 7.05 Å². The van der Waals surface area contributed by atoms with E-state index in [2.05, 4.69) is 52.3 Å². The first-order valence-electron chi connectivity index (χ1n) is 6.74. The molecule has 0 bridgehead atoms. The number of H-pyrrole nitrogens is 1. The van der Waals surface area contributed by atoms with Crippen LogP contribution in [0.5, 0.6) is 0 Å². The number of hydrogen-bond acceptors (Lipinski definition) is 3. The molecule has 0 aliphatic heterocycles. The summed E-state index contributed by atoms with van der Waals surface area (Å²) in [6.45, 7) is 5.05. The molecule has 3 aromatic rings. The summed E-state index contributed by atoms with van der Waals surface area (Å²) in [5.74, 6) is 0. The Morgan fingerprint density at radius 1 is 1.15 bits per heavy atom. The Morgan fingerprint density at radius 2 is 2.00 bits per heavy atom. The molecule has 0 unspecified atom stereocenters. The van der Waals surface area contributed by atoms with Gasteiger partial charge >= 0.3 is 0 Å². The molecule has 0 spiro atoms. The molecule has 4 heteroatoms. The van der Waals surface area contributed by atoms with E-state index in [9.17, 15) is 0 Å². The number of nitrogens with one attached hydrogen (secondary N) is 2. The van der Waals surface area contributed by atoms with Crippen LogP contribution in [0.2, 0.25) is 0 Å². The lowest BCUT2D eigenvalue weighted by molar-refractivity contribution is 0.823. The zero-order valence-electron chi connectivity index (χ0n) is 12.0. The summed E-state index contributed by atoms with van der Waals surface area (Å²) in [5.41, 5.74) is 6.78. The van der Waals surface area contributed by atoms with Gasteiger partial charge in [-0.15, -0.1) is 0 Å². The number of aryl methyl sites for hydroxylation is 2. The van der Waals surface area contributed by atoms with Gasteiger partial charge in [0.05, 0.1) is 5.69 Å². The van der Waals surface area contributed by atoms with Crippen molar-refractivity contribution < 1.29 is 0 Å². The maximum absolute atomic E-state index is 4.50. The molecule has 0 aliphatic carbocycles. The summed E-state index contributed by atoms with van der Waals surface area (Å²) in [6, 6.07) is 6.45. The van der Waals surface area contributed by atoms with E-state index in [0.717, 1.165) is 28.8 Å². The molecule has 0 amide bonds. The molecule has 0 aliphatic rings. The average Bonchev–Trinajstić information content (AvgIpc) is 2.86. The standard InChI is InChI=1S/C16H18N4/c1-10-4-5-12(6-11(10)2)15-14-13(7-17-3)8-18-16(14)20-9-19-15/h4-6,8-9,17H,7H2,1-3H3,(H,18,19,20). The lowest BCUT2D eigenvalue weighted by Gasteiger charge is -2.07. The molecule has 0 saturated carbocycles. The minimum absolute atomic E-state index is 0.797. The summed E-state index contributed by atoms with van der Waals surface area (Å²) in [4.78, 5) is 12.0. The Labute approximate surface area is 118 Å². The van der Waals surface area contributed by atoms with Gasteiger partial charge in [-0.25, -0.2) is 9.97 Å². The van der Waals surface area contributed by atoms with Crippen LogP contribution in [0.25, 0.3) is 22.3 Å². The molecule has 0 fully saturated rings. The van der Waals surface area contributed by atoms with E-state index in [1.54, 1.807) is 6.33 Å². The second-order valence-electron chi connectivity index (χ2n) is 5.09. The van der Waals surface area contributed by atoms with Gasteiger partial charge in [-0.2, -0.15) is 0 Å². The lowest BCUT2D eigenvalue weighted by Crippen LogP contribution is -2.04. The summed E-state index contributed by atoms with van der Waals surface area (Å²) in [6.07, 6.45) is 3.62. The molecule has 3 rings (SSSR count). The summed E-state index contributed by atoms with van der Waals surface area (Å²) in [5, 5.41) is 4.29. The third kappa shape index (κ3) is 2.08. The average molecular weight is 266 g/mol. The first-order chi connectivity index (χ1) is 9.70. The van der Waals surface area contributed by atoms with Crippen LogP contribution in [0.3, 0.4) is 0 Å². The molecule has 20 heavy (non-hydrogen) atoms. The van der Waals surface area contributed by atoms with E-state index in [1.807, 2.05) is 13.2 Å². The van der Waals surface area contributed by atoms with Crippen molar-refractivity contribution in [2.24, 2.45) is 0 Å². The van der Waals surface area contributed by atoms with Crippen LogP contribution < -0.4 is 5.32 Å². The van der Waals surface area contributed by atoms with Crippen LogP contribution in [0.1, 0.15) is 16.7 Å². The fraction of sp³-hybridized carbons (Fsp3) is 0.250. The topological polar surface area (TPSA) is 53.6 Å². The second kappa shape index (κ2) is 5.06. The second-order valence-corrected chi connectivity index (χ2v) is 5.09.